The van der Waals surface area contributed by atoms with Crippen molar-refractivity contribution in [3.63, 3.8) is 0 Å². The molecule has 0 aliphatic heterocycles. The number of fused-ring (bicyclic) bond motifs is 1. The van der Waals surface area contributed by atoms with E-state index in [0.29, 0.717) is 6.42 Å². The maximum atomic E-state index is 12.4. The number of ketones is 1. The summed E-state index contributed by atoms with van der Waals surface area (Å²) in [5.74, 6) is -0.722. The van der Waals surface area contributed by atoms with Crippen molar-refractivity contribution < 1.29 is 19.8 Å². The summed E-state index contributed by atoms with van der Waals surface area (Å²) in [4.78, 5) is 22.9. The smallest absolute Gasteiger partial charge is 0.303 e. The second-order valence-corrected chi connectivity index (χ2v) is 7.60. The van der Waals surface area contributed by atoms with E-state index < -0.39 is 12.1 Å². The third kappa shape index (κ3) is 4.30. The molecule has 2 aliphatic carbocycles. The second kappa shape index (κ2) is 8.13. The predicted octanol–water partition coefficient (Wildman–Crippen LogP) is 3.63. The average Bonchev–Trinajstić information content (AvgIpc) is 3.13. The van der Waals surface area contributed by atoms with Crippen LogP contribution in [0.3, 0.4) is 0 Å². The maximum Gasteiger partial charge on any atom is 0.303 e. The van der Waals surface area contributed by atoms with Gasteiger partial charge in [0.1, 0.15) is 5.78 Å². The summed E-state index contributed by atoms with van der Waals surface area (Å²) in [7, 11) is 0. The molecule has 0 radical (unpaired) electrons. The van der Waals surface area contributed by atoms with Crippen LogP contribution >= 0.6 is 0 Å². The fourth-order valence-corrected chi connectivity index (χ4v) is 4.54. The van der Waals surface area contributed by atoms with Crippen LogP contribution in [-0.2, 0) is 22.4 Å². The minimum absolute atomic E-state index is 0.0718. The van der Waals surface area contributed by atoms with Crippen LogP contribution in [0.25, 0.3) is 0 Å². The number of rotatable bonds is 8. The van der Waals surface area contributed by atoms with Crippen molar-refractivity contribution >= 4 is 11.8 Å². The van der Waals surface area contributed by atoms with Gasteiger partial charge in [-0.3, -0.25) is 9.59 Å². The fraction of sp³-hybridized carbons (Fsp3) is 0.619. The molecule has 4 heteroatoms. The van der Waals surface area contributed by atoms with E-state index in [4.69, 9.17) is 5.11 Å². The Labute approximate surface area is 149 Å². The molecule has 1 aromatic carbocycles. The van der Waals surface area contributed by atoms with Gasteiger partial charge in [-0.15, -0.1) is 0 Å². The topological polar surface area (TPSA) is 74.6 Å². The summed E-state index contributed by atoms with van der Waals surface area (Å²) in [6.07, 6.45) is 7.62. The summed E-state index contributed by atoms with van der Waals surface area (Å²) in [6, 6.07) is 6.50. The highest BCUT2D eigenvalue weighted by atomic mass is 16.4. The lowest BCUT2D eigenvalue weighted by atomic mass is 9.83. The lowest BCUT2D eigenvalue weighted by Crippen LogP contribution is -2.19. The van der Waals surface area contributed by atoms with Crippen LogP contribution in [0.15, 0.2) is 18.2 Å². The van der Waals surface area contributed by atoms with Crippen LogP contribution in [-0.4, -0.2) is 28.1 Å². The molecular formula is C21H28O4. The van der Waals surface area contributed by atoms with Gasteiger partial charge >= 0.3 is 5.97 Å². The van der Waals surface area contributed by atoms with E-state index in [2.05, 4.69) is 18.2 Å². The van der Waals surface area contributed by atoms with E-state index in [1.54, 1.807) is 0 Å². The number of unbranched alkanes of at least 4 members (excludes halogenated alkanes) is 3. The Hall–Kier alpha value is -1.68. The summed E-state index contributed by atoms with van der Waals surface area (Å²) in [5, 5.41) is 19.1. The molecule has 0 saturated heterocycles. The molecule has 2 aliphatic rings. The van der Waals surface area contributed by atoms with E-state index in [1.165, 1.54) is 17.5 Å². The molecule has 3 rings (SSSR count). The molecule has 1 saturated carbocycles. The van der Waals surface area contributed by atoms with Crippen molar-refractivity contribution in [1.82, 2.24) is 0 Å². The van der Waals surface area contributed by atoms with E-state index in [0.717, 1.165) is 44.1 Å². The Morgan fingerprint density at radius 2 is 1.84 bits per heavy atom. The number of carbonyl (C=O) groups is 2. The summed E-state index contributed by atoms with van der Waals surface area (Å²) in [5.41, 5.74) is 3.92. The number of carboxylic acids is 1. The van der Waals surface area contributed by atoms with Gasteiger partial charge in [0.05, 0.1) is 6.10 Å². The van der Waals surface area contributed by atoms with E-state index in [-0.39, 0.29) is 30.5 Å². The molecule has 136 valence electrons. The third-order valence-electron chi connectivity index (χ3n) is 5.84. The Kier molecular flexibility index (Phi) is 5.89. The molecule has 1 aromatic rings. The summed E-state index contributed by atoms with van der Waals surface area (Å²) in [6.45, 7) is 0. The monoisotopic (exact) mass is 344 g/mol. The number of hydrogen-bond acceptors (Lipinski definition) is 3. The highest BCUT2D eigenvalue weighted by molar-refractivity contribution is 5.85. The standard InChI is InChI=1S/C21H28O4/c22-18-13-19(23)21(16-11-10-14-6-5-7-15(14)12-16)17(18)8-3-1-2-4-9-20(24)25/h10-12,17,19,21,23H,1-9,13H2,(H,24,25)/t17-,19+,21+/m0/s1. The number of benzene rings is 1. The second-order valence-electron chi connectivity index (χ2n) is 7.60. The molecule has 0 unspecified atom stereocenters. The molecule has 4 nitrogen and oxygen atoms in total. The maximum absolute atomic E-state index is 12.4. The molecule has 0 bridgehead atoms. The fourth-order valence-electron chi connectivity index (χ4n) is 4.54. The largest absolute Gasteiger partial charge is 0.481 e. The number of aliphatic hydroxyl groups excluding tert-OH is 1. The molecule has 0 amide bonds. The van der Waals surface area contributed by atoms with Gasteiger partial charge in [-0.25, -0.2) is 0 Å². The first-order chi connectivity index (χ1) is 12.1. The minimum Gasteiger partial charge on any atom is -0.481 e. The Balaban J connectivity index is 1.59. The normalized spacial score (nSPS) is 25.3. The first-order valence-electron chi connectivity index (χ1n) is 9.60. The number of carbonyl (C=O) groups excluding carboxylic acids is 1. The van der Waals surface area contributed by atoms with Crippen molar-refractivity contribution in [3.8, 4) is 0 Å². The Morgan fingerprint density at radius 3 is 2.64 bits per heavy atom. The Morgan fingerprint density at radius 1 is 1.08 bits per heavy atom. The van der Waals surface area contributed by atoms with E-state index >= 15 is 0 Å². The van der Waals surface area contributed by atoms with Gasteiger partial charge in [-0.2, -0.15) is 0 Å². The number of carboxylic acid groups (broad SMARTS) is 1. The lowest BCUT2D eigenvalue weighted by Gasteiger charge is -2.22. The van der Waals surface area contributed by atoms with E-state index in [1.807, 2.05) is 0 Å². The molecule has 0 heterocycles. The first kappa shape index (κ1) is 18.1. The van der Waals surface area contributed by atoms with Crippen LogP contribution < -0.4 is 0 Å². The predicted molar refractivity (Wildman–Crippen MR) is 95.7 cm³/mol. The number of Topliss-reactive ketones (excluding diaryl/α,β-unsaturated/α-hetero) is 1. The van der Waals surface area contributed by atoms with Gasteiger partial charge < -0.3 is 10.2 Å². The lowest BCUT2D eigenvalue weighted by molar-refractivity contribution is -0.137. The van der Waals surface area contributed by atoms with Gasteiger partial charge in [0.2, 0.25) is 0 Å². The van der Waals surface area contributed by atoms with Crippen molar-refractivity contribution in [2.75, 3.05) is 0 Å². The van der Waals surface area contributed by atoms with Gasteiger partial charge in [0, 0.05) is 24.7 Å². The van der Waals surface area contributed by atoms with Gasteiger partial charge in [0.15, 0.2) is 0 Å². The zero-order valence-corrected chi connectivity index (χ0v) is 14.7. The molecule has 0 aromatic heterocycles. The number of aliphatic hydroxyl groups is 1. The van der Waals surface area contributed by atoms with Gasteiger partial charge in [0.25, 0.3) is 0 Å². The SMILES string of the molecule is O=C(O)CCCCCC[C@H]1C(=O)C[C@@H](O)[C@@H]1c1ccc2c(c1)CCC2. The van der Waals surface area contributed by atoms with Crippen LogP contribution in [0.5, 0.6) is 0 Å². The third-order valence-corrected chi connectivity index (χ3v) is 5.84. The molecular weight excluding hydrogens is 316 g/mol. The zero-order valence-electron chi connectivity index (χ0n) is 14.7. The number of hydrogen-bond donors (Lipinski definition) is 2. The van der Waals surface area contributed by atoms with Crippen LogP contribution in [0.2, 0.25) is 0 Å². The van der Waals surface area contributed by atoms with Crippen molar-refractivity contribution in [2.24, 2.45) is 5.92 Å². The quantitative estimate of drug-likeness (QED) is 0.706. The summed E-state index contributed by atoms with van der Waals surface area (Å²) >= 11 is 0. The van der Waals surface area contributed by atoms with Crippen molar-refractivity contribution in [1.29, 1.82) is 0 Å². The van der Waals surface area contributed by atoms with Crippen molar-refractivity contribution in [2.45, 2.75) is 76.2 Å². The van der Waals surface area contributed by atoms with Crippen LogP contribution in [0, 0.1) is 5.92 Å². The number of aliphatic carboxylic acids is 1. The molecule has 3 atom stereocenters. The van der Waals surface area contributed by atoms with Gasteiger partial charge in [-0.1, -0.05) is 37.5 Å². The van der Waals surface area contributed by atoms with Crippen LogP contribution in [0.1, 0.15) is 74.0 Å². The minimum atomic E-state index is -0.745. The Bertz CT molecular complexity index is 637. The molecule has 25 heavy (non-hydrogen) atoms. The summed E-state index contributed by atoms with van der Waals surface area (Å²) < 4.78 is 0. The molecule has 2 N–H and O–H groups in total. The van der Waals surface area contributed by atoms with Crippen molar-refractivity contribution in [3.05, 3.63) is 34.9 Å². The highest BCUT2D eigenvalue weighted by Gasteiger charge is 2.42. The van der Waals surface area contributed by atoms with Crippen LogP contribution in [0.4, 0.5) is 0 Å². The van der Waals surface area contributed by atoms with Gasteiger partial charge in [-0.05, 0) is 48.8 Å². The average molecular weight is 344 g/mol. The van der Waals surface area contributed by atoms with E-state index in [9.17, 15) is 14.7 Å². The molecule has 0 spiro atoms. The zero-order chi connectivity index (χ0) is 17.8. The first-order valence-corrected chi connectivity index (χ1v) is 9.60. The number of aryl methyl sites for hydroxylation is 2. The highest BCUT2D eigenvalue weighted by Crippen LogP contribution is 2.41. The molecule has 1 fully saturated rings.